The van der Waals surface area contributed by atoms with Gasteiger partial charge in [0.25, 0.3) is 0 Å². The summed E-state index contributed by atoms with van der Waals surface area (Å²) in [5.74, 6) is 0. The minimum atomic E-state index is 0.531. The van der Waals surface area contributed by atoms with E-state index >= 15 is 0 Å². The van der Waals surface area contributed by atoms with Crippen molar-refractivity contribution in [2.75, 3.05) is 0 Å². The second-order valence-corrected chi connectivity index (χ2v) is 5.56. The monoisotopic (exact) mass is 303 g/mol. The van der Waals surface area contributed by atoms with E-state index in [4.69, 9.17) is 16.0 Å². The highest BCUT2D eigenvalue weighted by atomic mass is 35.5. The molecule has 0 unspecified atom stereocenters. The molecular formula is C19H10ClNO. The van der Waals surface area contributed by atoms with Crippen molar-refractivity contribution >= 4 is 33.5 Å². The zero-order chi connectivity index (χ0) is 15.1. The Morgan fingerprint density at radius 2 is 1.73 bits per heavy atom. The van der Waals surface area contributed by atoms with Gasteiger partial charge < -0.3 is 4.42 Å². The third-order valence-electron chi connectivity index (χ3n) is 3.76. The first-order valence-corrected chi connectivity index (χ1v) is 7.25. The number of hydrogen-bond acceptors (Lipinski definition) is 2. The van der Waals surface area contributed by atoms with Crippen molar-refractivity contribution < 1.29 is 4.42 Å². The molecule has 2 nitrogen and oxygen atoms in total. The highest BCUT2D eigenvalue weighted by Crippen LogP contribution is 2.35. The predicted octanol–water partition coefficient (Wildman–Crippen LogP) is 5.78. The number of nitrogens with zero attached hydrogens (tertiary/aromatic N) is 1. The van der Waals surface area contributed by atoms with Crippen LogP contribution < -0.4 is 0 Å². The van der Waals surface area contributed by atoms with Crippen molar-refractivity contribution in [3.63, 3.8) is 0 Å². The zero-order valence-electron chi connectivity index (χ0n) is 11.5. The Hall–Kier alpha value is -2.76. The van der Waals surface area contributed by atoms with E-state index in [-0.39, 0.29) is 0 Å². The summed E-state index contributed by atoms with van der Waals surface area (Å²) < 4.78 is 5.84. The molecule has 1 heterocycles. The summed E-state index contributed by atoms with van der Waals surface area (Å²) in [7, 11) is 0. The number of halogens is 1. The van der Waals surface area contributed by atoms with Gasteiger partial charge in [0.15, 0.2) is 5.58 Å². The fourth-order valence-corrected chi connectivity index (χ4v) is 2.94. The molecule has 3 heteroatoms. The normalized spacial score (nSPS) is 10.9. The molecule has 4 aromatic rings. The molecule has 0 N–H and O–H groups in total. The lowest BCUT2D eigenvalue weighted by Crippen LogP contribution is -1.82. The van der Waals surface area contributed by atoms with E-state index in [0.29, 0.717) is 16.2 Å². The van der Waals surface area contributed by atoms with Gasteiger partial charge in [0.05, 0.1) is 5.56 Å². The first kappa shape index (κ1) is 12.9. The molecule has 0 bridgehead atoms. The zero-order valence-corrected chi connectivity index (χ0v) is 12.3. The first-order valence-electron chi connectivity index (χ1n) is 6.87. The molecule has 0 atom stereocenters. The van der Waals surface area contributed by atoms with Crippen LogP contribution in [0.3, 0.4) is 0 Å². The molecule has 22 heavy (non-hydrogen) atoms. The maximum Gasteiger partial charge on any atom is 0.153 e. The second kappa shape index (κ2) is 4.91. The topological polar surface area (TPSA) is 36.9 Å². The van der Waals surface area contributed by atoms with Gasteiger partial charge in [-0.2, -0.15) is 5.26 Å². The Labute approximate surface area is 132 Å². The summed E-state index contributed by atoms with van der Waals surface area (Å²) in [6.45, 7) is 0. The van der Waals surface area contributed by atoms with Gasteiger partial charge in [-0.05, 0) is 41.5 Å². The molecule has 0 radical (unpaired) electrons. The van der Waals surface area contributed by atoms with Crippen LogP contribution in [0, 0.1) is 11.3 Å². The molecule has 104 valence electrons. The lowest BCUT2D eigenvalue weighted by atomic mass is 10.00. The molecule has 4 rings (SSSR count). The summed E-state index contributed by atoms with van der Waals surface area (Å²) in [6.07, 6.45) is 0. The van der Waals surface area contributed by atoms with Gasteiger partial charge in [-0.1, -0.05) is 41.9 Å². The fraction of sp³-hybridized carbons (Fsp3) is 0. The van der Waals surface area contributed by atoms with Crippen LogP contribution in [0.2, 0.25) is 5.02 Å². The van der Waals surface area contributed by atoms with Crippen LogP contribution in [0.15, 0.2) is 65.1 Å². The van der Waals surface area contributed by atoms with Gasteiger partial charge in [-0.25, -0.2) is 0 Å². The molecule has 0 spiro atoms. The SMILES string of the molecule is N#Cc1cc(-c2cccc(Cl)c2)cc2c1oc1ccccc12. The number of furan rings is 1. The third-order valence-corrected chi connectivity index (χ3v) is 3.99. The second-order valence-electron chi connectivity index (χ2n) is 5.12. The van der Waals surface area contributed by atoms with Crippen molar-refractivity contribution in [3.05, 3.63) is 71.2 Å². The molecule has 0 fully saturated rings. The fourth-order valence-electron chi connectivity index (χ4n) is 2.74. The average Bonchev–Trinajstić information content (AvgIpc) is 2.92. The van der Waals surface area contributed by atoms with Crippen LogP contribution in [0.5, 0.6) is 0 Å². The van der Waals surface area contributed by atoms with Crippen molar-refractivity contribution in [1.82, 2.24) is 0 Å². The largest absolute Gasteiger partial charge is 0.455 e. The Morgan fingerprint density at radius 3 is 2.55 bits per heavy atom. The third kappa shape index (κ3) is 1.95. The summed E-state index contributed by atoms with van der Waals surface area (Å²) in [4.78, 5) is 0. The predicted molar refractivity (Wildman–Crippen MR) is 88.9 cm³/mol. The Bertz CT molecular complexity index is 1060. The lowest BCUT2D eigenvalue weighted by Gasteiger charge is -2.04. The maximum atomic E-state index is 9.45. The van der Waals surface area contributed by atoms with Crippen LogP contribution in [0.25, 0.3) is 33.1 Å². The highest BCUT2D eigenvalue weighted by Gasteiger charge is 2.13. The Morgan fingerprint density at radius 1 is 0.864 bits per heavy atom. The standard InChI is InChI=1S/C19H10ClNO/c20-15-5-3-4-12(9-15)13-8-14(11-21)19-17(10-13)16-6-1-2-7-18(16)22-19/h1-10H. The summed E-state index contributed by atoms with van der Waals surface area (Å²) in [5.41, 5.74) is 3.89. The molecule has 0 amide bonds. The number of hydrogen-bond donors (Lipinski definition) is 0. The first-order chi connectivity index (χ1) is 10.8. The van der Waals surface area contributed by atoms with Crippen LogP contribution in [-0.4, -0.2) is 0 Å². The van der Waals surface area contributed by atoms with Crippen molar-refractivity contribution in [2.45, 2.75) is 0 Å². The van der Waals surface area contributed by atoms with Gasteiger partial charge in [0, 0.05) is 15.8 Å². The molecule has 1 aromatic heterocycles. The Kier molecular flexibility index (Phi) is 2.89. The molecule has 0 saturated carbocycles. The summed E-state index contributed by atoms with van der Waals surface area (Å²) in [5, 5.41) is 12.1. The van der Waals surface area contributed by atoms with Crippen LogP contribution in [0.1, 0.15) is 5.56 Å². The van der Waals surface area contributed by atoms with E-state index in [1.54, 1.807) is 0 Å². The number of para-hydroxylation sites is 1. The smallest absolute Gasteiger partial charge is 0.153 e. The van der Waals surface area contributed by atoms with Gasteiger partial charge in [-0.15, -0.1) is 0 Å². The van der Waals surface area contributed by atoms with E-state index in [0.717, 1.165) is 27.5 Å². The Balaban J connectivity index is 2.09. The average molecular weight is 304 g/mol. The van der Waals surface area contributed by atoms with Crippen LogP contribution in [0.4, 0.5) is 0 Å². The van der Waals surface area contributed by atoms with Gasteiger partial charge in [0.2, 0.25) is 0 Å². The molecule has 0 aliphatic carbocycles. The van der Waals surface area contributed by atoms with Gasteiger partial charge in [0.1, 0.15) is 11.7 Å². The number of fused-ring (bicyclic) bond motifs is 3. The summed E-state index contributed by atoms with van der Waals surface area (Å²) in [6, 6.07) is 21.5. The maximum absolute atomic E-state index is 9.45. The quantitative estimate of drug-likeness (QED) is 0.447. The minimum absolute atomic E-state index is 0.531. The van der Waals surface area contributed by atoms with Crippen LogP contribution in [-0.2, 0) is 0 Å². The van der Waals surface area contributed by atoms with Crippen molar-refractivity contribution in [3.8, 4) is 17.2 Å². The minimum Gasteiger partial charge on any atom is -0.455 e. The van der Waals surface area contributed by atoms with E-state index in [1.165, 1.54) is 0 Å². The number of nitriles is 1. The molecule has 3 aromatic carbocycles. The molecular weight excluding hydrogens is 294 g/mol. The van der Waals surface area contributed by atoms with Crippen molar-refractivity contribution in [1.29, 1.82) is 5.26 Å². The number of rotatable bonds is 1. The molecule has 0 saturated heterocycles. The van der Waals surface area contributed by atoms with Gasteiger partial charge in [-0.3, -0.25) is 0 Å². The lowest BCUT2D eigenvalue weighted by molar-refractivity contribution is 0.667. The van der Waals surface area contributed by atoms with Crippen LogP contribution >= 0.6 is 11.6 Å². The summed E-state index contributed by atoms with van der Waals surface area (Å²) >= 11 is 6.08. The van der Waals surface area contributed by atoms with E-state index in [9.17, 15) is 5.26 Å². The number of benzene rings is 3. The van der Waals surface area contributed by atoms with Gasteiger partial charge >= 0.3 is 0 Å². The van der Waals surface area contributed by atoms with Crippen molar-refractivity contribution in [2.24, 2.45) is 0 Å². The van der Waals surface area contributed by atoms with E-state index in [2.05, 4.69) is 6.07 Å². The highest BCUT2D eigenvalue weighted by molar-refractivity contribution is 6.30. The van der Waals surface area contributed by atoms with E-state index < -0.39 is 0 Å². The molecule has 0 aliphatic heterocycles. The molecule has 0 aliphatic rings. The van der Waals surface area contributed by atoms with E-state index in [1.807, 2.05) is 60.7 Å².